The van der Waals surface area contributed by atoms with Crippen molar-refractivity contribution in [1.82, 2.24) is 19.1 Å². The monoisotopic (exact) mass is 506 g/mol. The van der Waals surface area contributed by atoms with Crippen molar-refractivity contribution in [3.8, 4) is 11.4 Å². The molecule has 0 radical (unpaired) electrons. The number of nitrogens with zero attached hydrogens (tertiary/aromatic N) is 4. The molecule has 8 heteroatoms. The molecule has 7 nitrogen and oxygen atoms in total. The number of para-hydroxylation sites is 1. The average molecular weight is 507 g/mol. The third-order valence-electron chi connectivity index (χ3n) is 7.27. The number of hydrogen-bond donors (Lipinski definition) is 1. The van der Waals surface area contributed by atoms with Gasteiger partial charge in [0, 0.05) is 31.9 Å². The number of imidazole rings is 2. The molecule has 2 aromatic heterocycles. The number of fused-ring (bicyclic) bond motifs is 2. The number of aryl methyl sites for hydroxylation is 1. The first-order valence-electron chi connectivity index (χ1n) is 12.9. The Bertz CT molecular complexity index is 1370. The molecule has 0 N–H and O–H groups in total. The Hall–Kier alpha value is -2.84. The predicted octanol–water partition coefficient (Wildman–Crippen LogP) is 6.45. The average Bonchev–Trinajstić information content (AvgIpc) is 3.40. The fourth-order valence-corrected chi connectivity index (χ4v) is 5.84. The van der Waals surface area contributed by atoms with Gasteiger partial charge in [0.2, 0.25) is 0 Å². The molecule has 4 aromatic rings. The van der Waals surface area contributed by atoms with Crippen LogP contribution in [-0.2, 0) is 16.0 Å². The van der Waals surface area contributed by atoms with Crippen LogP contribution in [0.5, 0.6) is 0 Å². The summed E-state index contributed by atoms with van der Waals surface area (Å²) in [6.45, 7) is 1.43. The van der Waals surface area contributed by atoms with Crippen LogP contribution in [0.2, 0.25) is 0 Å². The highest BCUT2D eigenvalue weighted by atomic mass is 32.1. The molecule has 5 rings (SSSR count). The third-order valence-corrected chi connectivity index (χ3v) is 7.61. The minimum Gasteiger partial charge on any atom is -0.465 e. The van der Waals surface area contributed by atoms with Gasteiger partial charge in [0.25, 0.3) is 0 Å². The molecule has 1 aliphatic rings. The Labute approximate surface area is 217 Å². The lowest BCUT2D eigenvalue weighted by molar-refractivity contribution is 0.0601. The van der Waals surface area contributed by atoms with Gasteiger partial charge >= 0.3 is 5.97 Å². The molecule has 0 aliphatic heterocycles. The summed E-state index contributed by atoms with van der Waals surface area (Å²) < 4.78 is 14.8. The smallest absolute Gasteiger partial charge is 0.337 e. The summed E-state index contributed by atoms with van der Waals surface area (Å²) in [5.74, 6) is 0.571. The van der Waals surface area contributed by atoms with Crippen LogP contribution in [0.1, 0.15) is 67.8 Å². The van der Waals surface area contributed by atoms with Crippen LogP contribution in [0.4, 0.5) is 0 Å². The lowest BCUT2D eigenvalue weighted by Gasteiger charge is -2.24. The van der Waals surface area contributed by atoms with Crippen LogP contribution in [-0.4, -0.2) is 45.9 Å². The highest BCUT2D eigenvalue weighted by molar-refractivity contribution is 7.80. The van der Waals surface area contributed by atoms with Crippen LogP contribution in [0.15, 0.2) is 41.6 Å². The highest BCUT2D eigenvalue weighted by Crippen LogP contribution is 2.38. The maximum Gasteiger partial charge on any atom is 0.337 e. The van der Waals surface area contributed by atoms with Crippen molar-refractivity contribution in [1.29, 1.82) is 0 Å². The number of esters is 1. The maximum absolute atomic E-state index is 12.3. The van der Waals surface area contributed by atoms with Crippen molar-refractivity contribution in [3.63, 3.8) is 0 Å². The second-order valence-electron chi connectivity index (χ2n) is 9.58. The predicted molar refractivity (Wildman–Crippen MR) is 145 cm³/mol. The Balaban J connectivity index is 1.72. The zero-order chi connectivity index (χ0) is 25.1. The number of methoxy groups -OCH3 is 2. The van der Waals surface area contributed by atoms with Crippen molar-refractivity contribution in [3.05, 3.63) is 42.0 Å². The van der Waals surface area contributed by atoms with Gasteiger partial charge in [-0.1, -0.05) is 38.2 Å². The minimum absolute atomic E-state index is 0.350. The molecule has 1 aliphatic carbocycles. The number of benzene rings is 2. The van der Waals surface area contributed by atoms with Crippen LogP contribution < -0.4 is 0 Å². The fraction of sp³-hybridized carbons (Fsp3) is 0.464. The number of carbonyl (C=O) groups excluding carboxylic acids is 1. The lowest BCUT2D eigenvalue weighted by atomic mass is 9.96. The van der Waals surface area contributed by atoms with Crippen molar-refractivity contribution in [2.75, 3.05) is 20.8 Å². The Morgan fingerprint density at radius 2 is 1.81 bits per heavy atom. The zero-order valence-corrected chi connectivity index (χ0v) is 22.0. The summed E-state index contributed by atoms with van der Waals surface area (Å²) in [4.78, 5) is 22.2. The first-order chi connectivity index (χ1) is 17.6. The fourth-order valence-electron chi connectivity index (χ4n) is 5.53. The largest absolute Gasteiger partial charge is 0.465 e. The topological polar surface area (TPSA) is 71.2 Å². The van der Waals surface area contributed by atoms with Gasteiger partial charge in [-0.2, -0.15) is 0 Å². The molecule has 1 fully saturated rings. The van der Waals surface area contributed by atoms with Gasteiger partial charge in [0.05, 0.1) is 34.7 Å². The number of ether oxygens (including phenoxy) is 2. The number of thiol groups is 1. The zero-order valence-electron chi connectivity index (χ0n) is 21.1. The summed E-state index contributed by atoms with van der Waals surface area (Å²) in [5, 5.41) is 0.690. The second kappa shape index (κ2) is 11.0. The maximum atomic E-state index is 12.3. The van der Waals surface area contributed by atoms with Gasteiger partial charge in [-0.05, 0) is 49.6 Å². The van der Waals surface area contributed by atoms with Gasteiger partial charge in [-0.25, -0.2) is 14.8 Å². The standard InChI is InChI=1S/C28H34N4O3S/c1-34-17-9-16-31-25-21(12-8-13-22(25)30-28(31)36)26-29-23-18-19(27(33)35-2)14-15-24(23)32(26)20-10-6-4-3-5-7-11-20/h8,12-15,18,20H,3-7,9-11,16-17H2,1-2H3,(H,30,36). The van der Waals surface area contributed by atoms with E-state index in [0.29, 0.717) is 23.4 Å². The van der Waals surface area contributed by atoms with Gasteiger partial charge < -0.3 is 18.6 Å². The molecular weight excluding hydrogens is 472 g/mol. The van der Waals surface area contributed by atoms with Crippen molar-refractivity contribution < 1.29 is 14.3 Å². The van der Waals surface area contributed by atoms with E-state index in [2.05, 4.69) is 15.2 Å². The molecule has 0 amide bonds. The SMILES string of the molecule is COCCCn1c(S)nc2cccc(-c3nc4cc(C(=O)OC)ccc4n3C3CCCCCCC3)c21. The molecule has 0 spiro atoms. The van der Waals surface area contributed by atoms with E-state index in [4.69, 9.17) is 32.1 Å². The second-order valence-corrected chi connectivity index (χ2v) is 9.98. The molecule has 190 valence electrons. The summed E-state index contributed by atoms with van der Waals surface area (Å²) in [6.07, 6.45) is 9.40. The molecule has 0 atom stereocenters. The molecule has 2 heterocycles. The van der Waals surface area contributed by atoms with E-state index in [1.165, 1.54) is 39.2 Å². The van der Waals surface area contributed by atoms with E-state index in [-0.39, 0.29) is 5.97 Å². The number of rotatable bonds is 7. The van der Waals surface area contributed by atoms with Crippen LogP contribution in [0.25, 0.3) is 33.5 Å². The Morgan fingerprint density at radius 3 is 2.56 bits per heavy atom. The molecular formula is C28H34N4O3S. The Morgan fingerprint density at radius 1 is 1.03 bits per heavy atom. The first-order valence-corrected chi connectivity index (χ1v) is 13.3. The normalized spacial score (nSPS) is 15.3. The van der Waals surface area contributed by atoms with Crippen molar-refractivity contribution in [2.24, 2.45) is 0 Å². The number of hydrogen-bond acceptors (Lipinski definition) is 6. The van der Waals surface area contributed by atoms with Crippen LogP contribution in [0.3, 0.4) is 0 Å². The Kier molecular flexibility index (Phi) is 7.62. The van der Waals surface area contributed by atoms with Crippen LogP contribution >= 0.6 is 12.6 Å². The molecule has 1 saturated carbocycles. The third kappa shape index (κ3) is 4.76. The molecule has 0 saturated heterocycles. The van der Waals surface area contributed by atoms with E-state index in [9.17, 15) is 4.79 Å². The van der Waals surface area contributed by atoms with E-state index in [1.54, 1.807) is 7.11 Å². The van der Waals surface area contributed by atoms with Gasteiger partial charge in [-0.15, -0.1) is 12.6 Å². The van der Waals surface area contributed by atoms with Gasteiger partial charge in [0.15, 0.2) is 5.16 Å². The van der Waals surface area contributed by atoms with Gasteiger partial charge in [-0.3, -0.25) is 0 Å². The van der Waals surface area contributed by atoms with E-state index in [1.807, 2.05) is 30.3 Å². The molecule has 36 heavy (non-hydrogen) atoms. The van der Waals surface area contributed by atoms with Crippen molar-refractivity contribution in [2.45, 2.75) is 69.1 Å². The summed E-state index contributed by atoms with van der Waals surface area (Å²) in [6, 6.07) is 12.3. The molecule has 0 bridgehead atoms. The van der Waals surface area contributed by atoms with Crippen LogP contribution in [0, 0.1) is 0 Å². The first kappa shape index (κ1) is 24.8. The van der Waals surface area contributed by atoms with Crippen molar-refractivity contribution >= 4 is 40.7 Å². The summed E-state index contributed by atoms with van der Waals surface area (Å²) in [7, 11) is 3.13. The number of aromatic nitrogens is 4. The summed E-state index contributed by atoms with van der Waals surface area (Å²) in [5.41, 5.74) is 5.35. The van der Waals surface area contributed by atoms with Gasteiger partial charge in [0.1, 0.15) is 5.82 Å². The van der Waals surface area contributed by atoms with E-state index >= 15 is 0 Å². The number of carbonyl (C=O) groups is 1. The van der Waals surface area contributed by atoms with E-state index in [0.717, 1.165) is 59.3 Å². The van der Waals surface area contributed by atoms with E-state index < -0.39 is 0 Å². The summed E-state index contributed by atoms with van der Waals surface area (Å²) >= 11 is 4.70. The lowest BCUT2D eigenvalue weighted by Crippen LogP contribution is -2.13. The minimum atomic E-state index is -0.350. The highest BCUT2D eigenvalue weighted by Gasteiger charge is 2.24. The quantitative estimate of drug-likeness (QED) is 0.177. The molecule has 2 aromatic carbocycles. The molecule has 0 unspecified atom stereocenters.